The van der Waals surface area contributed by atoms with Gasteiger partial charge < -0.3 is 9.30 Å². The van der Waals surface area contributed by atoms with Crippen molar-refractivity contribution >= 4 is 28.5 Å². The minimum atomic E-state index is -0.203. The highest BCUT2D eigenvalue weighted by atomic mass is 32.2. The summed E-state index contributed by atoms with van der Waals surface area (Å²) >= 11 is 1.44. The molecule has 0 amide bonds. The van der Waals surface area contributed by atoms with Gasteiger partial charge in [-0.05, 0) is 36.1 Å². The van der Waals surface area contributed by atoms with Gasteiger partial charge in [0.05, 0.1) is 12.4 Å². The number of carbonyl (C=O) groups is 1. The number of thioether (sulfide) groups is 1. The van der Waals surface area contributed by atoms with Gasteiger partial charge in [0.25, 0.3) is 0 Å². The average molecular weight is 410 g/mol. The Morgan fingerprint density at radius 3 is 2.72 bits per heavy atom. The first-order valence-corrected chi connectivity index (χ1v) is 11.4. The topological polar surface area (TPSA) is 57.0 Å². The molecule has 0 spiro atoms. The first kappa shape index (κ1) is 20.0. The maximum Gasteiger partial charge on any atom is 0.316 e. The third kappa shape index (κ3) is 4.64. The van der Waals surface area contributed by atoms with Crippen LogP contribution < -0.4 is 0 Å². The Balaban J connectivity index is 1.64. The number of nitrogens with zero attached hydrogens (tertiary/aromatic N) is 3. The molecule has 6 heteroatoms. The van der Waals surface area contributed by atoms with E-state index >= 15 is 0 Å². The van der Waals surface area contributed by atoms with E-state index in [0.29, 0.717) is 12.6 Å². The second-order valence-corrected chi connectivity index (χ2v) is 8.41. The fraction of sp³-hybridized carbons (Fsp3) is 0.435. The monoisotopic (exact) mass is 409 g/mol. The number of aromatic nitrogens is 3. The van der Waals surface area contributed by atoms with Crippen LogP contribution in [0.2, 0.25) is 0 Å². The zero-order chi connectivity index (χ0) is 20.1. The van der Waals surface area contributed by atoms with Crippen LogP contribution in [0.5, 0.6) is 0 Å². The van der Waals surface area contributed by atoms with Crippen LogP contribution in [0.15, 0.2) is 47.6 Å². The summed E-state index contributed by atoms with van der Waals surface area (Å²) in [5, 5.41) is 12.4. The summed E-state index contributed by atoms with van der Waals surface area (Å²) in [4.78, 5) is 11.8. The second-order valence-electron chi connectivity index (χ2n) is 7.47. The predicted molar refractivity (Wildman–Crippen MR) is 116 cm³/mol. The fourth-order valence-electron chi connectivity index (χ4n) is 4.18. The van der Waals surface area contributed by atoms with Crippen molar-refractivity contribution in [1.29, 1.82) is 0 Å². The Hall–Kier alpha value is -2.34. The molecule has 152 valence electrons. The van der Waals surface area contributed by atoms with Gasteiger partial charge in [-0.2, -0.15) is 0 Å². The average Bonchev–Trinajstić information content (AvgIpc) is 3.16. The minimum Gasteiger partial charge on any atom is -0.465 e. The second kappa shape index (κ2) is 9.44. The lowest BCUT2D eigenvalue weighted by Crippen LogP contribution is -2.17. The van der Waals surface area contributed by atoms with Crippen molar-refractivity contribution in [2.45, 2.75) is 56.6 Å². The minimum absolute atomic E-state index is 0.203. The van der Waals surface area contributed by atoms with Crippen molar-refractivity contribution in [2.24, 2.45) is 0 Å². The molecule has 1 aromatic heterocycles. The molecular formula is C23H27N3O2S. The van der Waals surface area contributed by atoms with Crippen molar-refractivity contribution in [2.75, 3.05) is 12.4 Å². The van der Waals surface area contributed by atoms with Crippen LogP contribution in [0.3, 0.4) is 0 Å². The van der Waals surface area contributed by atoms with Crippen LogP contribution >= 0.6 is 11.8 Å². The molecule has 0 unspecified atom stereocenters. The Bertz CT molecular complexity index is 974. The van der Waals surface area contributed by atoms with Crippen LogP contribution in [-0.2, 0) is 16.0 Å². The molecule has 3 aromatic rings. The molecular weight excluding hydrogens is 382 g/mol. The molecule has 0 atom stereocenters. The van der Waals surface area contributed by atoms with Crippen molar-refractivity contribution < 1.29 is 9.53 Å². The number of esters is 1. The number of benzene rings is 2. The van der Waals surface area contributed by atoms with Gasteiger partial charge in [-0.3, -0.25) is 4.79 Å². The van der Waals surface area contributed by atoms with E-state index in [4.69, 9.17) is 4.74 Å². The molecule has 0 N–H and O–H groups in total. The highest BCUT2D eigenvalue weighted by Gasteiger charge is 2.24. The smallest absolute Gasteiger partial charge is 0.316 e. The summed E-state index contributed by atoms with van der Waals surface area (Å²) in [6, 6.07) is 15.3. The highest BCUT2D eigenvalue weighted by molar-refractivity contribution is 7.99. The zero-order valence-corrected chi connectivity index (χ0v) is 17.7. The number of hydrogen-bond acceptors (Lipinski definition) is 5. The number of rotatable bonds is 7. The molecule has 1 aliphatic rings. The summed E-state index contributed by atoms with van der Waals surface area (Å²) in [6.07, 6.45) is 6.80. The van der Waals surface area contributed by atoms with Crippen LogP contribution in [0, 0.1) is 0 Å². The van der Waals surface area contributed by atoms with Gasteiger partial charge in [-0.15, -0.1) is 10.2 Å². The SMILES string of the molecule is CCOC(=O)CSc1nnc(Cc2cccc3ccccc23)n1C1CCCCC1. The van der Waals surface area contributed by atoms with E-state index in [2.05, 4.69) is 57.2 Å². The van der Waals surface area contributed by atoms with Gasteiger partial charge in [-0.25, -0.2) is 0 Å². The maximum absolute atomic E-state index is 11.8. The lowest BCUT2D eigenvalue weighted by molar-refractivity contribution is -0.139. The Labute approximate surface area is 175 Å². The maximum atomic E-state index is 11.8. The Morgan fingerprint density at radius 2 is 1.90 bits per heavy atom. The van der Waals surface area contributed by atoms with E-state index in [1.54, 1.807) is 0 Å². The van der Waals surface area contributed by atoms with Gasteiger partial charge >= 0.3 is 5.97 Å². The lowest BCUT2D eigenvalue weighted by Gasteiger charge is -2.25. The van der Waals surface area contributed by atoms with E-state index in [-0.39, 0.29) is 11.7 Å². The third-order valence-electron chi connectivity index (χ3n) is 5.53. The summed E-state index contributed by atoms with van der Waals surface area (Å²) < 4.78 is 7.38. The molecule has 1 aliphatic carbocycles. The molecule has 1 saturated carbocycles. The molecule has 0 aliphatic heterocycles. The zero-order valence-electron chi connectivity index (χ0n) is 16.8. The molecule has 4 rings (SSSR count). The Morgan fingerprint density at radius 1 is 1.10 bits per heavy atom. The van der Waals surface area contributed by atoms with E-state index < -0.39 is 0 Å². The van der Waals surface area contributed by atoms with E-state index in [0.717, 1.165) is 30.2 Å². The Kier molecular flexibility index (Phi) is 6.49. The fourth-order valence-corrected chi connectivity index (χ4v) is 5.00. The summed E-state index contributed by atoms with van der Waals surface area (Å²) in [6.45, 7) is 2.23. The third-order valence-corrected chi connectivity index (χ3v) is 6.44. The van der Waals surface area contributed by atoms with Crippen molar-refractivity contribution in [3.63, 3.8) is 0 Å². The van der Waals surface area contributed by atoms with Crippen LogP contribution in [0.1, 0.15) is 56.5 Å². The normalized spacial score (nSPS) is 14.9. The molecule has 1 fully saturated rings. The number of hydrogen-bond donors (Lipinski definition) is 0. The van der Waals surface area contributed by atoms with Crippen molar-refractivity contribution in [3.05, 3.63) is 53.9 Å². The number of ether oxygens (including phenoxy) is 1. The molecule has 29 heavy (non-hydrogen) atoms. The first-order valence-electron chi connectivity index (χ1n) is 10.4. The summed E-state index contributed by atoms with van der Waals surface area (Å²) in [5.41, 5.74) is 1.26. The van der Waals surface area contributed by atoms with Gasteiger partial charge in [0.2, 0.25) is 0 Å². The molecule has 5 nitrogen and oxygen atoms in total. The van der Waals surface area contributed by atoms with E-state index in [1.165, 1.54) is 47.4 Å². The van der Waals surface area contributed by atoms with Gasteiger partial charge in [-0.1, -0.05) is 73.5 Å². The molecule has 0 saturated heterocycles. The van der Waals surface area contributed by atoms with Crippen molar-refractivity contribution in [3.8, 4) is 0 Å². The molecule has 1 heterocycles. The van der Waals surface area contributed by atoms with Crippen LogP contribution in [0.4, 0.5) is 0 Å². The van der Waals surface area contributed by atoms with Gasteiger partial charge in [0.1, 0.15) is 5.82 Å². The largest absolute Gasteiger partial charge is 0.465 e. The first-order chi connectivity index (χ1) is 14.3. The summed E-state index contributed by atoms with van der Waals surface area (Å²) in [5.74, 6) is 1.05. The number of fused-ring (bicyclic) bond motifs is 1. The predicted octanol–water partition coefficient (Wildman–Crippen LogP) is 5.18. The van der Waals surface area contributed by atoms with Crippen molar-refractivity contribution in [1.82, 2.24) is 14.8 Å². The standard InChI is InChI=1S/C23H27N3O2S/c1-2-28-22(27)16-29-23-25-24-21(26(23)19-12-4-3-5-13-19)15-18-11-8-10-17-9-6-7-14-20(17)18/h6-11,14,19H,2-5,12-13,15-16H2,1H3. The quantitative estimate of drug-likeness (QED) is 0.397. The van der Waals surface area contributed by atoms with Crippen LogP contribution in [0.25, 0.3) is 10.8 Å². The molecule has 0 bridgehead atoms. The molecule has 0 radical (unpaired) electrons. The number of carbonyl (C=O) groups excluding carboxylic acids is 1. The molecule has 2 aromatic carbocycles. The van der Waals surface area contributed by atoms with Gasteiger partial charge in [0.15, 0.2) is 5.16 Å². The summed E-state index contributed by atoms with van der Waals surface area (Å²) in [7, 11) is 0. The highest BCUT2D eigenvalue weighted by Crippen LogP contribution is 2.33. The van der Waals surface area contributed by atoms with E-state index in [9.17, 15) is 4.79 Å². The lowest BCUT2D eigenvalue weighted by atomic mass is 9.95. The van der Waals surface area contributed by atoms with Gasteiger partial charge in [0, 0.05) is 12.5 Å². The van der Waals surface area contributed by atoms with Crippen LogP contribution in [-0.4, -0.2) is 33.1 Å². The van der Waals surface area contributed by atoms with E-state index in [1.807, 2.05) is 6.92 Å².